The van der Waals surface area contributed by atoms with Crippen molar-refractivity contribution in [3.8, 4) is 28.7 Å². The number of benzene rings is 10. The SMILES string of the molecule is Cc1cc(N=Nc2c(S(=O)(=O)O)cc3ccc(N=Nc4c(NCCCS(=O)(=O)O)ccc5c(O)c(N=Nc6ccc7c(O)c(N=Nc8cc(COC=N)ccc8S(=O)(=O)O)ccc7c6S(=O)(=O)O)ccc45)cc3c2O)c(OCCO)cc1N=Nc1cc(S(=O)(=O)O)cc2cc(S(=O)(=O)O)cc(O)c12. The van der Waals surface area contributed by atoms with Crippen LogP contribution >= 0.6 is 0 Å². The Morgan fingerprint density at radius 3 is 1.67 bits per heavy atom. The Kier molecular flexibility index (Phi) is 21.1. The van der Waals surface area contributed by atoms with Crippen LogP contribution in [-0.4, -0.2) is 135 Å². The molecule has 0 saturated carbocycles. The minimum Gasteiger partial charge on any atom is -0.507 e. The van der Waals surface area contributed by atoms with E-state index in [4.69, 9.17) is 14.9 Å². The second-order valence-electron chi connectivity index (χ2n) is 21.7. The van der Waals surface area contributed by atoms with Crippen LogP contribution < -0.4 is 10.1 Å². The summed E-state index contributed by atoms with van der Waals surface area (Å²) in [5.74, 6) is -3.92. The predicted molar refractivity (Wildman–Crippen MR) is 366 cm³/mol. The van der Waals surface area contributed by atoms with Crippen LogP contribution in [0.25, 0.3) is 43.1 Å². The van der Waals surface area contributed by atoms with Gasteiger partial charge in [-0.1, -0.05) is 18.2 Å². The fraction of sp³-hybridized carbons (Fsp3) is 0.117. The Hall–Kier alpha value is -11.1. The molecule has 0 bridgehead atoms. The number of nitrogens with zero attached hydrogens (tertiary/aromatic N) is 10. The predicted octanol–water partition coefficient (Wildman–Crippen LogP) is 12.9. The van der Waals surface area contributed by atoms with E-state index in [2.05, 4.69) is 56.5 Å². The zero-order chi connectivity index (χ0) is 74.9. The van der Waals surface area contributed by atoms with E-state index in [1.54, 1.807) is 0 Å². The third kappa shape index (κ3) is 17.0. The standard InChI is InChI=1S/C60H50N12O25S6/c1-30-19-47(51(97-17-16-73)27-46(30)67-70-49-25-35(99(81,82)83)21-33-22-36(100(84,85)86)26-50(74)54(33)49)68-72-56-53(102(90,91)92)23-32-4-5-34(24-41(32)59(56)77)63-71-55-37-6-11-43(57(75)38(37)7-10-42(55)62-15-2-18-98(78,79)80)64-66-45-13-8-39-40(60(45)103(93,94)95)9-12-44(58(39)76)65-69-48-20-31(28-96-29-61)3-14-52(48)101(87,88)89/h3-14,19-27,29,61-62,73-77H,2,15-18,28H2,1H3,(H,78,79,80)(H,81,82,83)(H,84,85,86)(H,87,88,89)(H,90,91,92)(H,93,94,95). The fourth-order valence-corrected chi connectivity index (χ4v) is 13.8. The molecular formula is C60H50N12O25S6. The molecule has 0 radical (unpaired) electrons. The molecule has 0 heterocycles. The zero-order valence-electron chi connectivity index (χ0n) is 52.0. The van der Waals surface area contributed by atoms with E-state index in [1.807, 2.05) is 0 Å². The van der Waals surface area contributed by atoms with Gasteiger partial charge in [0.1, 0.15) is 79.2 Å². The van der Waals surface area contributed by atoms with Crippen LogP contribution in [0.5, 0.6) is 28.7 Å². The number of nitrogens with one attached hydrogen (secondary N) is 2. The van der Waals surface area contributed by atoms with Gasteiger partial charge in [-0.15, -0.1) is 40.9 Å². The molecule has 0 aliphatic heterocycles. The highest BCUT2D eigenvalue weighted by Crippen LogP contribution is 2.49. The van der Waals surface area contributed by atoms with Gasteiger partial charge in [0.25, 0.3) is 60.7 Å². The minimum absolute atomic E-state index is 0.00714. The van der Waals surface area contributed by atoms with Crippen LogP contribution in [0.15, 0.2) is 203 Å². The Balaban J connectivity index is 0.993. The van der Waals surface area contributed by atoms with Crippen molar-refractivity contribution < 1.29 is 113 Å². The zero-order valence-corrected chi connectivity index (χ0v) is 56.9. The average Bonchev–Trinajstić information content (AvgIpc) is 0.774. The van der Waals surface area contributed by atoms with E-state index in [0.717, 1.165) is 48.5 Å². The first-order valence-corrected chi connectivity index (χ1v) is 37.6. The summed E-state index contributed by atoms with van der Waals surface area (Å²) in [5, 5.41) is 105. The van der Waals surface area contributed by atoms with Gasteiger partial charge in [-0.3, -0.25) is 32.7 Å². The van der Waals surface area contributed by atoms with E-state index < -0.39 is 150 Å². The van der Waals surface area contributed by atoms with Gasteiger partial charge >= 0.3 is 0 Å². The minimum atomic E-state index is -5.24. The lowest BCUT2D eigenvalue weighted by Crippen LogP contribution is -2.10. The van der Waals surface area contributed by atoms with Crippen LogP contribution in [0.4, 0.5) is 62.6 Å². The number of hydrogen-bond donors (Lipinski definition) is 13. The summed E-state index contributed by atoms with van der Waals surface area (Å²) in [6.45, 7) is 0.156. The maximum absolute atomic E-state index is 13.0. The molecule has 0 aliphatic carbocycles. The molecule has 0 aliphatic rings. The van der Waals surface area contributed by atoms with Crippen LogP contribution in [-0.2, 0) is 72.1 Å². The molecule has 536 valence electrons. The first-order chi connectivity index (χ1) is 48.3. The van der Waals surface area contributed by atoms with Crippen molar-refractivity contribution in [2.75, 3.05) is 30.8 Å². The number of rotatable bonds is 26. The molecule has 10 aromatic rings. The molecule has 0 amide bonds. The van der Waals surface area contributed by atoms with E-state index in [0.29, 0.717) is 18.0 Å². The molecule has 37 nitrogen and oxygen atoms in total. The molecular weight excluding hydrogens is 1480 g/mol. The van der Waals surface area contributed by atoms with Crippen molar-refractivity contribution in [2.24, 2.45) is 51.1 Å². The van der Waals surface area contributed by atoms with Gasteiger partial charge in [-0.25, -0.2) is 0 Å². The largest absolute Gasteiger partial charge is 0.507 e. The van der Waals surface area contributed by atoms with E-state index in [1.165, 1.54) is 79.7 Å². The first kappa shape index (κ1) is 74.6. The number of aromatic hydroxyl groups is 4. The summed E-state index contributed by atoms with van der Waals surface area (Å²) >= 11 is 0. The van der Waals surface area contributed by atoms with Crippen molar-refractivity contribution >= 4 is 173 Å². The lowest BCUT2D eigenvalue weighted by Gasteiger charge is -2.13. The molecule has 0 fully saturated rings. The van der Waals surface area contributed by atoms with Gasteiger partial charge in [0, 0.05) is 45.6 Å². The third-order valence-electron chi connectivity index (χ3n) is 14.8. The van der Waals surface area contributed by atoms with Crippen molar-refractivity contribution in [1.82, 2.24) is 0 Å². The number of aliphatic hydroxyl groups is 1. The first-order valence-electron chi connectivity index (χ1n) is 28.8. The van der Waals surface area contributed by atoms with Crippen LogP contribution in [0.2, 0.25) is 0 Å². The Morgan fingerprint density at radius 1 is 0.466 bits per heavy atom. The van der Waals surface area contributed by atoms with Crippen molar-refractivity contribution in [3.63, 3.8) is 0 Å². The highest BCUT2D eigenvalue weighted by atomic mass is 32.2. The van der Waals surface area contributed by atoms with Gasteiger partial charge < -0.3 is 40.3 Å². The smallest absolute Gasteiger partial charge is 0.297 e. The van der Waals surface area contributed by atoms with Gasteiger partial charge in [0.2, 0.25) is 0 Å². The third-order valence-corrected chi connectivity index (χ3v) is 20.0. The summed E-state index contributed by atoms with van der Waals surface area (Å²) in [7, 11) is -29.7. The summed E-state index contributed by atoms with van der Waals surface area (Å²) in [4.78, 5) is -4.17. The number of phenolic OH excluding ortho intramolecular Hbond substituents is 4. The van der Waals surface area contributed by atoms with E-state index in [9.17, 15) is 103 Å². The number of azo groups is 5. The molecule has 0 spiro atoms. The maximum Gasteiger partial charge on any atom is 0.297 e. The second kappa shape index (κ2) is 29.1. The average molecular weight is 1530 g/mol. The molecule has 0 aromatic heterocycles. The highest BCUT2D eigenvalue weighted by Gasteiger charge is 2.27. The van der Waals surface area contributed by atoms with E-state index >= 15 is 0 Å². The molecule has 0 atom stereocenters. The quantitative estimate of drug-likeness (QED) is 0.00787. The second-order valence-corrected chi connectivity index (χ2v) is 30.3. The van der Waals surface area contributed by atoms with Crippen LogP contribution in [0.1, 0.15) is 17.5 Å². The Labute approximate surface area is 581 Å². The molecule has 103 heavy (non-hydrogen) atoms. The summed E-state index contributed by atoms with van der Waals surface area (Å²) in [6, 6.07) is 23.4. The molecule has 0 saturated heterocycles. The molecule has 0 unspecified atom stereocenters. The molecule has 13 N–H and O–H groups in total. The Morgan fingerprint density at radius 2 is 1.04 bits per heavy atom. The number of hydrogen-bond acceptors (Lipinski definition) is 31. The molecule has 10 rings (SSSR count). The van der Waals surface area contributed by atoms with Crippen molar-refractivity contribution in [3.05, 3.63) is 139 Å². The highest BCUT2D eigenvalue weighted by molar-refractivity contribution is 7.87. The molecule has 10 aromatic carbocycles. The van der Waals surface area contributed by atoms with Crippen molar-refractivity contribution in [1.29, 1.82) is 5.41 Å². The fourth-order valence-electron chi connectivity index (χ4n) is 10.2. The number of anilines is 1. The number of aliphatic hydroxyl groups excluding tert-OH is 1. The maximum atomic E-state index is 13.0. The number of aryl methyl sites for hydroxylation is 1. The number of ether oxygens (including phenoxy) is 2. The summed E-state index contributed by atoms with van der Waals surface area (Å²) < 4.78 is 218. The Bertz CT molecular complexity index is 6100. The molecule has 43 heteroatoms. The van der Waals surface area contributed by atoms with Gasteiger partial charge in [-0.2, -0.15) is 60.7 Å². The lowest BCUT2D eigenvalue weighted by molar-refractivity contribution is 0.202. The van der Waals surface area contributed by atoms with E-state index in [-0.39, 0.29) is 114 Å². The monoisotopic (exact) mass is 1530 g/mol. The van der Waals surface area contributed by atoms with Gasteiger partial charge in [0.05, 0.1) is 50.3 Å². The normalized spacial score (nSPS) is 13.0. The van der Waals surface area contributed by atoms with Gasteiger partial charge in [0.15, 0.2) is 23.6 Å². The topological polar surface area (TPSA) is 605 Å². The number of fused-ring (bicyclic) bond motifs is 4. The van der Waals surface area contributed by atoms with Gasteiger partial charge in [-0.05, 0) is 132 Å². The number of phenols is 4. The van der Waals surface area contributed by atoms with Crippen LogP contribution in [0.3, 0.4) is 0 Å². The summed E-state index contributed by atoms with van der Waals surface area (Å²) in [5.41, 5.74) is -2.65. The lowest BCUT2D eigenvalue weighted by atomic mass is 10.1. The van der Waals surface area contributed by atoms with Crippen molar-refractivity contribution in [2.45, 2.75) is 44.4 Å². The summed E-state index contributed by atoms with van der Waals surface area (Å²) in [6.07, 6.45) is 0.498. The van der Waals surface area contributed by atoms with Crippen LogP contribution in [0, 0.1) is 12.3 Å².